The minimum atomic E-state index is -0.308. The van der Waals surface area contributed by atoms with Crippen LogP contribution in [0.1, 0.15) is 27.2 Å². The van der Waals surface area contributed by atoms with Crippen molar-refractivity contribution in [2.45, 2.75) is 27.2 Å². The van der Waals surface area contributed by atoms with Gasteiger partial charge >= 0.3 is 0 Å². The van der Waals surface area contributed by atoms with Crippen molar-refractivity contribution in [2.24, 2.45) is 16.0 Å². The van der Waals surface area contributed by atoms with Gasteiger partial charge in [-0.25, -0.2) is 5.43 Å². The topological polar surface area (TPSA) is 63.0 Å². The molecule has 5 nitrogen and oxygen atoms in total. The van der Waals surface area contributed by atoms with Crippen LogP contribution in [0.4, 0.5) is 0 Å². The third kappa shape index (κ3) is 12.4. The molecule has 0 aliphatic carbocycles. The highest BCUT2D eigenvalue weighted by atomic mass is 16.5. The summed E-state index contributed by atoms with van der Waals surface area (Å²) in [5.74, 6) is -0.0720. The first-order valence-electron chi connectivity index (χ1n) is 8.18. The standard InChI is InChI=1S/C20H29N3O2/c1-6-8-13-22-23-20(24)16-25-15-17(3)14-19(10-7-2)18(4)11-9-12-21-5/h6-7,9-15,18H,1,8,16H2,2-5H3,(H,23,24)/b10-7+,11-9-,17-15+,19-14+,21-12-,22-13+. The summed E-state index contributed by atoms with van der Waals surface area (Å²) in [6.07, 6.45) is 17.3. The molecule has 1 atom stereocenters. The summed E-state index contributed by atoms with van der Waals surface area (Å²) in [4.78, 5) is 15.4. The Labute approximate surface area is 151 Å². The first-order valence-corrected chi connectivity index (χ1v) is 8.18. The van der Waals surface area contributed by atoms with E-state index in [9.17, 15) is 4.79 Å². The van der Waals surface area contributed by atoms with Gasteiger partial charge in [-0.05, 0) is 37.0 Å². The molecule has 1 amide bonds. The highest BCUT2D eigenvalue weighted by Crippen LogP contribution is 2.16. The summed E-state index contributed by atoms with van der Waals surface area (Å²) in [5, 5.41) is 3.75. The molecule has 0 radical (unpaired) electrons. The van der Waals surface area contributed by atoms with Crippen molar-refractivity contribution in [3.8, 4) is 0 Å². The van der Waals surface area contributed by atoms with Crippen molar-refractivity contribution in [1.29, 1.82) is 0 Å². The molecule has 136 valence electrons. The van der Waals surface area contributed by atoms with E-state index in [2.05, 4.69) is 41.2 Å². The fourth-order valence-corrected chi connectivity index (χ4v) is 1.76. The maximum Gasteiger partial charge on any atom is 0.277 e. The molecule has 0 rings (SSSR count). The average Bonchev–Trinajstić information content (AvgIpc) is 2.58. The van der Waals surface area contributed by atoms with E-state index in [1.807, 2.05) is 32.1 Å². The van der Waals surface area contributed by atoms with Gasteiger partial charge in [0.25, 0.3) is 5.91 Å². The minimum Gasteiger partial charge on any atom is -0.491 e. The van der Waals surface area contributed by atoms with Gasteiger partial charge in [0.05, 0.1) is 6.26 Å². The maximum atomic E-state index is 11.5. The number of hydrogen-bond acceptors (Lipinski definition) is 4. The van der Waals surface area contributed by atoms with E-state index in [1.54, 1.807) is 31.8 Å². The summed E-state index contributed by atoms with van der Waals surface area (Å²) in [7, 11) is 1.74. The fraction of sp³-hybridized carbons (Fsp3) is 0.350. The second kappa shape index (κ2) is 14.9. The third-order valence-electron chi connectivity index (χ3n) is 2.95. The van der Waals surface area contributed by atoms with E-state index in [-0.39, 0.29) is 18.4 Å². The van der Waals surface area contributed by atoms with Crippen LogP contribution in [0.3, 0.4) is 0 Å². The molecule has 0 aromatic rings. The maximum absolute atomic E-state index is 11.5. The Morgan fingerprint density at radius 2 is 2.16 bits per heavy atom. The molecule has 0 heterocycles. The molecule has 0 spiro atoms. The lowest BCUT2D eigenvalue weighted by Gasteiger charge is -2.08. The summed E-state index contributed by atoms with van der Waals surface area (Å²) in [5.41, 5.74) is 4.43. The number of carbonyl (C=O) groups is 1. The van der Waals surface area contributed by atoms with E-state index in [0.717, 1.165) is 11.1 Å². The smallest absolute Gasteiger partial charge is 0.277 e. The Hall–Kier alpha value is -2.69. The summed E-state index contributed by atoms with van der Waals surface area (Å²) in [6, 6.07) is 0. The predicted octanol–water partition coefficient (Wildman–Crippen LogP) is 3.98. The van der Waals surface area contributed by atoms with E-state index < -0.39 is 0 Å². The minimum absolute atomic E-state index is 0.0853. The Balaban J connectivity index is 4.67. The molecule has 0 aromatic heterocycles. The van der Waals surface area contributed by atoms with Gasteiger partial charge in [0.2, 0.25) is 0 Å². The van der Waals surface area contributed by atoms with Gasteiger partial charge in [0.15, 0.2) is 6.61 Å². The van der Waals surface area contributed by atoms with E-state index >= 15 is 0 Å². The number of aliphatic imine (C=N–C) groups is 1. The van der Waals surface area contributed by atoms with E-state index in [1.165, 1.54) is 0 Å². The van der Waals surface area contributed by atoms with E-state index in [0.29, 0.717) is 6.42 Å². The molecule has 0 aromatic carbocycles. The molecule has 1 N–H and O–H groups in total. The van der Waals surface area contributed by atoms with Gasteiger partial charge < -0.3 is 4.74 Å². The number of allylic oxidation sites excluding steroid dienone is 8. The molecule has 0 saturated heterocycles. The summed E-state index contributed by atoms with van der Waals surface area (Å²) in [6.45, 7) is 9.48. The van der Waals surface area contributed by atoms with E-state index in [4.69, 9.17) is 4.74 Å². The lowest BCUT2D eigenvalue weighted by molar-refractivity contribution is -0.124. The first kappa shape index (κ1) is 22.3. The van der Waals surface area contributed by atoms with Gasteiger partial charge in [-0.3, -0.25) is 9.79 Å². The van der Waals surface area contributed by atoms with Crippen LogP contribution in [0.5, 0.6) is 0 Å². The summed E-state index contributed by atoms with van der Waals surface area (Å²) < 4.78 is 5.30. The molecule has 5 heteroatoms. The molecule has 0 aliphatic rings. The monoisotopic (exact) mass is 343 g/mol. The highest BCUT2D eigenvalue weighted by Gasteiger charge is 2.02. The lowest BCUT2D eigenvalue weighted by atomic mass is 9.98. The third-order valence-corrected chi connectivity index (χ3v) is 2.95. The molecule has 0 fully saturated rings. The largest absolute Gasteiger partial charge is 0.491 e. The van der Waals surface area contributed by atoms with Crippen molar-refractivity contribution in [1.82, 2.24) is 5.43 Å². The van der Waals surface area contributed by atoms with Gasteiger partial charge in [-0.15, -0.1) is 6.58 Å². The first-order chi connectivity index (χ1) is 12.0. The normalized spacial score (nSPS) is 14.7. The van der Waals surface area contributed by atoms with Crippen LogP contribution in [-0.4, -0.2) is 32.0 Å². The van der Waals surface area contributed by atoms with Gasteiger partial charge in [0, 0.05) is 25.9 Å². The number of nitrogens with one attached hydrogen (secondary N) is 1. The number of amides is 1. The van der Waals surface area contributed by atoms with Gasteiger partial charge in [-0.1, -0.05) is 37.3 Å². The molecule has 25 heavy (non-hydrogen) atoms. The second-order valence-electron chi connectivity index (χ2n) is 5.27. The SMILES string of the molecule is C=CC/C=N/NC(=O)CO/C=C(C)/C=C(\C=C\C)C(C)/C=C\C=N/C. The number of hydrogen-bond donors (Lipinski definition) is 1. The van der Waals surface area contributed by atoms with Crippen molar-refractivity contribution in [3.05, 3.63) is 60.4 Å². The molecule has 0 bridgehead atoms. The van der Waals surface area contributed by atoms with Gasteiger partial charge in [-0.2, -0.15) is 5.10 Å². The number of nitrogens with zero attached hydrogens (tertiary/aromatic N) is 2. The van der Waals surface area contributed by atoms with Crippen LogP contribution in [-0.2, 0) is 9.53 Å². The Morgan fingerprint density at radius 1 is 1.40 bits per heavy atom. The van der Waals surface area contributed by atoms with Crippen molar-refractivity contribution in [3.63, 3.8) is 0 Å². The average molecular weight is 343 g/mol. The number of carbonyl (C=O) groups excluding carboxylic acids is 1. The molecular weight excluding hydrogens is 314 g/mol. The zero-order valence-corrected chi connectivity index (χ0v) is 15.6. The molecule has 1 unspecified atom stereocenters. The number of ether oxygens (including phenoxy) is 1. The Bertz CT molecular complexity index is 582. The van der Waals surface area contributed by atoms with Crippen LogP contribution in [0, 0.1) is 5.92 Å². The molecular formula is C20H29N3O2. The summed E-state index contributed by atoms with van der Waals surface area (Å²) >= 11 is 0. The molecule has 0 saturated carbocycles. The number of hydrazone groups is 1. The Morgan fingerprint density at radius 3 is 2.80 bits per heavy atom. The zero-order valence-electron chi connectivity index (χ0n) is 15.6. The van der Waals surface area contributed by atoms with Crippen LogP contribution < -0.4 is 5.43 Å². The van der Waals surface area contributed by atoms with Crippen molar-refractivity contribution >= 4 is 18.3 Å². The zero-order chi connectivity index (χ0) is 18.9. The predicted molar refractivity (Wildman–Crippen MR) is 107 cm³/mol. The van der Waals surface area contributed by atoms with Crippen molar-refractivity contribution in [2.75, 3.05) is 13.7 Å². The van der Waals surface area contributed by atoms with Crippen molar-refractivity contribution < 1.29 is 9.53 Å². The highest BCUT2D eigenvalue weighted by molar-refractivity contribution is 5.78. The van der Waals surface area contributed by atoms with Crippen LogP contribution >= 0.6 is 0 Å². The fourth-order valence-electron chi connectivity index (χ4n) is 1.76. The quantitative estimate of drug-likeness (QED) is 0.203. The number of rotatable bonds is 11. The second-order valence-corrected chi connectivity index (χ2v) is 5.27. The lowest BCUT2D eigenvalue weighted by Crippen LogP contribution is -2.21. The van der Waals surface area contributed by atoms with Crippen LogP contribution in [0.15, 0.2) is 70.5 Å². The Kier molecular flexibility index (Phi) is 13.3. The van der Waals surface area contributed by atoms with Crippen LogP contribution in [0.25, 0.3) is 0 Å². The van der Waals surface area contributed by atoms with Crippen LogP contribution in [0.2, 0.25) is 0 Å². The molecule has 0 aliphatic heterocycles. The van der Waals surface area contributed by atoms with Gasteiger partial charge in [0.1, 0.15) is 0 Å².